The maximum absolute atomic E-state index is 11.7. The van der Waals surface area contributed by atoms with E-state index in [2.05, 4.69) is 0 Å². The Morgan fingerprint density at radius 3 is 1.33 bits per heavy atom. The summed E-state index contributed by atoms with van der Waals surface area (Å²) in [5, 5.41) is 7.35. The molecule has 0 aromatic carbocycles. The van der Waals surface area contributed by atoms with E-state index < -0.39 is 24.6 Å². The fraction of sp³-hybridized carbons (Fsp3) is 1.00. The highest BCUT2D eigenvalue weighted by Gasteiger charge is 2.60. The number of halogens is 7. The Balaban J connectivity index is 4.57. The van der Waals surface area contributed by atoms with Crippen molar-refractivity contribution < 1.29 is 35.8 Å². The highest BCUT2D eigenvalue weighted by atomic mass is 19.3. The summed E-state index contributed by atoms with van der Waals surface area (Å²) in [6.07, 6.45) is -14.7. The fourth-order valence-corrected chi connectivity index (χ4v) is 0.342. The van der Waals surface area contributed by atoms with Gasteiger partial charge in [0, 0.05) is 0 Å². The second kappa shape index (κ2) is 3.08. The number of alkyl halides is 7. The minimum Gasteiger partial charge on any atom is -0.334 e. The van der Waals surface area contributed by atoms with Crippen LogP contribution in [0.2, 0.25) is 0 Å². The summed E-state index contributed by atoms with van der Waals surface area (Å²) in [5.41, 5.74) is 0. The van der Waals surface area contributed by atoms with Crippen LogP contribution in [0.4, 0.5) is 30.7 Å². The van der Waals surface area contributed by atoms with Crippen LogP contribution >= 0.6 is 0 Å². The first kappa shape index (κ1) is 11.5. The van der Waals surface area contributed by atoms with E-state index in [0.29, 0.717) is 0 Å². The average Bonchev–Trinajstić information content (AvgIpc) is 1.83. The Morgan fingerprint density at radius 1 is 0.917 bits per heavy atom. The van der Waals surface area contributed by atoms with Gasteiger partial charge in [-0.15, -0.1) is 0 Å². The summed E-state index contributed by atoms with van der Waals surface area (Å²) in [4.78, 5) is 0. The molecule has 8 heteroatoms. The van der Waals surface area contributed by atoms with Crippen molar-refractivity contribution in [2.75, 3.05) is 0 Å². The van der Waals surface area contributed by atoms with Gasteiger partial charge in [-0.1, -0.05) is 0 Å². The van der Waals surface area contributed by atoms with Crippen molar-refractivity contribution in [1.82, 2.24) is 0 Å². The molecule has 12 heavy (non-hydrogen) atoms. The molecule has 0 aromatic heterocycles. The van der Waals surface area contributed by atoms with Gasteiger partial charge in [-0.2, -0.15) is 17.6 Å². The lowest BCUT2D eigenvalue weighted by Crippen LogP contribution is -2.48. The van der Waals surface area contributed by atoms with Crippen molar-refractivity contribution in [3.8, 4) is 0 Å². The summed E-state index contributed by atoms with van der Waals surface area (Å²) in [5.74, 6) is -5.56. The Morgan fingerprint density at radius 2 is 1.25 bits per heavy atom. The molecular weight excluding hydrogens is 197 g/mol. The van der Waals surface area contributed by atoms with Crippen molar-refractivity contribution >= 4 is 0 Å². The molecule has 0 saturated carbocycles. The molecule has 0 aliphatic rings. The molecule has 1 N–H and O–H groups in total. The molecule has 0 heterocycles. The molecule has 0 bridgehead atoms. The molecular formula is C4H3F7O. The van der Waals surface area contributed by atoms with E-state index in [4.69, 9.17) is 5.11 Å². The van der Waals surface area contributed by atoms with Crippen molar-refractivity contribution in [3.63, 3.8) is 0 Å². The van der Waals surface area contributed by atoms with Crippen LogP contribution in [0.5, 0.6) is 0 Å². The van der Waals surface area contributed by atoms with Gasteiger partial charge in [-0.3, -0.25) is 0 Å². The number of hydrogen-bond acceptors (Lipinski definition) is 1. The van der Waals surface area contributed by atoms with Crippen LogP contribution in [0.1, 0.15) is 0 Å². The Labute approximate surface area is 61.8 Å². The minimum atomic E-state index is -5.56. The highest BCUT2D eigenvalue weighted by molar-refractivity contribution is 4.84. The lowest BCUT2D eigenvalue weighted by atomic mass is 10.2. The van der Waals surface area contributed by atoms with E-state index >= 15 is 0 Å². The second-order valence-electron chi connectivity index (χ2n) is 1.93. The van der Waals surface area contributed by atoms with Gasteiger partial charge in [0.25, 0.3) is 6.17 Å². The average molecular weight is 200 g/mol. The fourth-order valence-electron chi connectivity index (χ4n) is 0.342. The molecule has 0 saturated heterocycles. The van der Waals surface area contributed by atoms with E-state index in [9.17, 15) is 30.7 Å². The molecule has 0 amide bonds. The molecule has 0 fully saturated rings. The first-order chi connectivity index (χ1) is 5.10. The largest absolute Gasteiger partial charge is 0.390 e. The van der Waals surface area contributed by atoms with E-state index in [1.165, 1.54) is 0 Å². The van der Waals surface area contributed by atoms with Gasteiger partial charge in [-0.05, 0) is 0 Å². The van der Waals surface area contributed by atoms with Gasteiger partial charge in [0.1, 0.15) is 0 Å². The molecule has 1 atom stereocenters. The smallest absolute Gasteiger partial charge is 0.334 e. The molecule has 0 aliphatic carbocycles. The highest BCUT2D eigenvalue weighted by Crippen LogP contribution is 2.36. The van der Waals surface area contributed by atoms with Gasteiger partial charge in [-0.25, -0.2) is 13.2 Å². The van der Waals surface area contributed by atoms with Crippen LogP contribution < -0.4 is 0 Å². The third-order valence-electron chi connectivity index (χ3n) is 0.934. The molecule has 1 unspecified atom stereocenters. The quantitative estimate of drug-likeness (QED) is 0.688. The van der Waals surface area contributed by atoms with E-state index in [0.717, 1.165) is 0 Å². The van der Waals surface area contributed by atoms with Crippen LogP contribution in [-0.2, 0) is 0 Å². The van der Waals surface area contributed by atoms with Gasteiger partial charge in [0.15, 0.2) is 0 Å². The molecule has 0 radical (unpaired) electrons. The zero-order chi connectivity index (χ0) is 10.2. The van der Waals surface area contributed by atoms with Crippen molar-refractivity contribution in [2.45, 2.75) is 24.6 Å². The molecule has 0 aliphatic heterocycles. The lowest BCUT2D eigenvalue weighted by Gasteiger charge is -2.22. The van der Waals surface area contributed by atoms with Crippen molar-refractivity contribution in [3.05, 3.63) is 0 Å². The zero-order valence-corrected chi connectivity index (χ0v) is 5.25. The summed E-state index contributed by atoms with van der Waals surface area (Å²) in [6, 6.07) is 0. The van der Waals surface area contributed by atoms with Gasteiger partial charge in [0.05, 0.1) is 0 Å². The lowest BCUT2D eigenvalue weighted by molar-refractivity contribution is -0.307. The normalized spacial score (nSPS) is 16.8. The summed E-state index contributed by atoms with van der Waals surface area (Å²) < 4.78 is 80.0. The standard InChI is InChI=1S/C4H3F7O/c5-1(4(10,11)12)3(8,9)2(6)7/h1-2,12H. The van der Waals surface area contributed by atoms with Crippen LogP contribution in [0.25, 0.3) is 0 Å². The zero-order valence-electron chi connectivity index (χ0n) is 5.25. The number of rotatable bonds is 3. The van der Waals surface area contributed by atoms with Crippen molar-refractivity contribution in [1.29, 1.82) is 0 Å². The van der Waals surface area contributed by atoms with Crippen LogP contribution in [0, 0.1) is 0 Å². The molecule has 0 spiro atoms. The van der Waals surface area contributed by atoms with E-state index in [1.807, 2.05) is 0 Å². The monoisotopic (exact) mass is 200 g/mol. The van der Waals surface area contributed by atoms with E-state index in [-0.39, 0.29) is 0 Å². The van der Waals surface area contributed by atoms with Gasteiger partial charge < -0.3 is 5.11 Å². The molecule has 0 aromatic rings. The first-order valence-corrected chi connectivity index (χ1v) is 2.50. The summed E-state index contributed by atoms with van der Waals surface area (Å²) in [7, 11) is 0. The summed E-state index contributed by atoms with van der Waals surface area (Å²) in [6.45, 7) is 0. The second-order valence-corrected chi connectivity index (χ2v) is 1.93. The number of hydrogen-bond donors (Lipinski definition) is 1. The predicted octanol–water partition coefficient (Wildman–Crippen LogP) is 1.81. The molecule has 1 nitrogen and oxygen atoms in total. The SMILES string of the molecule is OC(F)(F)C(F)C(F)(F)C(F)F. The Kier molecular flexibility index (Phi) is 2.94. The third-order valence-corrected chi connectivity index (χ3v) is 0.934. The van der Waals surface area contributed by atoms with Crippen LogP contribution in [0.3, 0.4) is 0 Å². The van der Waals surface area contributed by atoms with Crippen LogP contribution in [0.15, 0.2) is 0 Å². The molecule has 74 valence electrons. The maximum atomic E-state index is 11.7. The number of aliphatic hydroxyl groups is 1. The minimum absolute atomic E-state index is 4.59. The van der Waals surface area contributed by atoms with Crippen LogP contribution in [-0.4, -0.2) is 29.7 Å². The first-order valence-electron chi connectivity index (χ1n) is 2.50. The van der Waals surface area contributed by atoms with E-state index in [1.54, 1.807) is 0 Å². The van der Waals surface area contributed by atoms with Crippen molar-refractivity contribution in [2.24, 2.45) is 0 Å². The predicted molar refractivity (Wildman–Crippen MR) is 23.0 cm³/mol. The Hall–Kier alpha value is -0.530. The third kappa shape index (κ3) is 2.23. The van der Waals surface area contributed by atoms with Gasteiger partial charge in [0.2, 0.25) is 0 Å². The Bertz CT molecular complexity index is 150. The molecule has 0 rings (SSSR count). The summed E-state index contributed by atoms with van der Waals surface area (Å²) >= 11 is 0. The maximum Gasteiger partial charge on any atom is 0.390 e. The topological polar surface area (TPSA) is 20.2 Å². The van der Waals surface area contributed by atoms with Gasteiger partial charge >= 0.3 is 18.5 Å².